The molecule has 1 aliphatic rings. The minimum atomic E-state index is -0.826. The number of methoxy groups -OCH3 is 1. The topological polar surface area (TPSA) is 107 Å². The summed E-state index contributed by atoms with van der Waals surface area (Å²) < 4.78 is 11.1. The second-order valence-corrected chi connectivity index (χ2v) is 11.7. The zero-order valence-corrected chi connectivity index (χ0v) is 26.1. The second-order valence-electron chi connectivity index (χ2n) is 11.7. The number of Topliss-reactive ketones (excluding diaryl/α,β-unsaturated/α-hetero) is 1. The van der Waals surface area contributed by atoms with Gasteiger partial charge < -0.3 is 14.8 Å². The van der Waals surface area contributed by atoms with E-state index in [1.54, 1.807) is 25.6 Å². The van der Waals surface area contributed by atoms with Crippen LogP contribution in [0.25, 0.3) is 22.2 Å². The van der Waals surface area contributed by atoms with E-state index in [1.165, 1.54) is 6.42 Å². The first kappa shape index (κ1) is 31.8. The van der Waals surface area contributed by atoms with E-state index in [1.807, 2.05) is 61.5 Å². The summed E-state index contributed by atoms with van der Waals surface area (Å²) >= 11 is 0. The van der Waals surface area contributed by atoms with Gasteiger partial charge in [0.25, 0.3) is 5.91 Å². The maximum absolute atomic E-state index is 13.9. The van der Waals surface area contributed by atoms with Crippen LogP contribution in [0, 0.1) is 6.92 Å². The van der Waals surface area contributed by atoms with Crippen molar-refractivity contribution in [2.24, 2.45) is 0 Å². The van der Waals surface area contributed by atoms with E-state index >= 15 is 0 Å². The van der Waals surface area contributed by atoms with E-state index in [-0.39, 0.29) is 43.0 Å². The fourth-order valence-electron chi connectivity index (χ4n) is 5.98. The number of fused-ring (bicyclic) bond motifs is 1. The molecule has 1 atom stereocenters. The van der Waals surface area contributed by atoms with Crippen molar-refractivity contribution in [1.82, 2.24) is 15.3 Å². The molecular weight excluding hydrogens is 566 g/mol. The molecule has 0 spiro atoms. The van der Waals surface area contributed by atoms with E-state index in [0.717, 1.165) is 54.5 Å². The van der Waals surface area contributed by atoms with Crippen LogP contribution in [0.2, 0.25) is 0 Å². The summed E-state index contributed by atoms with van der Waals surface area (Å²) in [5.41, 5.74) is 4.63. The Kier molecular flexibility index (Phi) is 10.9. The molecule has 0 aliphatic heterocycles. The quantitative estimate of drug-likeness (QED) is 0.164. The minimum Gasteiger partial charge on any atom is -0.496 e. The maximum atomic E-state index is 13.9. The first-order valence-electron chi connectivity index (χ1n) is 15.9. The number of carbonyl (C=O) groups excluding carboxylic acids is 3. The molecule has 8 heteroatoms. The summed E-state index contributed by atoms with van der Waals surface area (Å²) in [4.78, 5) is 49.2. The third kappa shape index (κ3) is 8.53. The number of ketones is 1. The van der Waals surface area contributed by atoms with Crippen LogP contribution >= 0.6 is 0 Å². The van der Waals surface area contributed by atoms with Gasteiger partial charge in [-0.3, -0.25) is 19.4 Å². The van der Waals surface area contributed by atoms with Crippen LogP contribution in [0.15, 0.2) is 73.1 Å². The molecule has 4 aromatic rings. The van der Waals surface area contributed by atoms with E-state index in [0.29, 0.717) is 28.6 Å². The summed E-state index contributed by atoms with van der Waals surface area (Å²) in [6, 6.07) is 18.0. The molecule has 2 heterocycles. The van der Waals surface area contributed by atoms with Gasteiger partial charge in [-0.15, -0.1) is 0 Å². The summed E-state index contributed by atoms with van der Waals surface area (Å²) in [5.74, 6) is -0.0393. The van der Waals surface area contributed by atoms with E-state index in [2.05, 4.69) is 10.3 Å². The molecule has 45 heavy (non-hydrogen) atoms. The largest absolute Gasteiger partial charge is 0.496 e. The van der Waals surface area contributed by atoms with Crippen LogP contribution in [0.4, 0.5) is 0 Å². The second kappa shape index (κ2) is 15.4. The number of hydrogen-bond acceptors (Lipinski definition) is 7. The highest BCUT2D eigenvalue weighted by Crippen LogP contribution is 2.29. The number of para-hydroxylation sites is 1. The third-order valence-electron chi connectivity index (χ3n) is 8.47. The van der Waals surface area contributed by atoms with Crippen molar-refractivity contribution in [1.29, 1.82) is 0 Å². The molecule has 0 unspecified atom stereocenters. The van der Waals surface area contributed by atoms with Crippen LogP contribution in [-0.4, -0.2) is 46.9 Å². The van der Waals surface area contributed by atoms with Gasteiger partial charge in [0.05, 0.1) is 29.9 Å². The van der Waals surface area contributed by atoms with Gasteiger partial charge >= 0.3 is 5.97 Å². The van der Waals surface area contributed by atoms with Crippen molar-refractivity contribution in [2.45, 2.75) is 83.3 Å². The van der Waals surface area contributed by atoms with Crippen molar-refractivity contribution in [2.75, 3.05) is 7.11 Å². The highest BCUT2D eigenvalue weighted by Gasteiger charge is 2.25. The molecule has 1 amide bonds. The number of nitrogens with zero attached hydrogens (tertiary/aromatic N) is 2. The van der Waals surface area contributed by atoms with Gasteiger partial charge in [-0.25, -0.2) is 4.98 Å². The normalized spacial score (nSPS) is 14.1. The molecule has 1 fully saturated rings. The average Bonchev–Trinajstić information content (AvgIpc) is 3.06. The lowest BCUT2D eigenvalue weighted by atomic mass is 9.97. The Morgan fingerprint density at radius 3 is 2.49 bits per heavy atom. The molecule has 2 aromatic heterocycles. The number of aryl methyl sites for hydroxylation is 2. The van der Waals surface area contributed by atoms with Gasteiger partial charge in [-0.05, 0) is 105 Å². The first-order valence-corrected chi connectivity index (χ1v) is 15.9. The first-order chi connectivity index (χ1) is 21.9. The van der Waals surface area contributed by atoms with Crippen molar-refractivity contribution >= 4 is 28.6 Å². The van der Waals surface area contributed by atoms with Crippen molar-refractivity contribution < 1.29 is 23.9 Å². The fraction of sp³-hybridized carbons (Fsp3) is 0.378. The molecule has 0 saturated heterocycles. The van der Waals surface area contributed by atoms with Crippen molar-refractivity contribution in [3.05, 3.63) is 89.7 Å². The molecule has 1 saturated carbocycles. The Labute approximate surface area is 264 Å². The zero-order valence-electron chi connectivity index (χ0n) is 26.1. The predicted octanol–water partition coefficient (Wildman–Crippen LogP) is 6.96. The van der Waals surface area contributed by atoms with Gasteiger partial charge in [0.15, 0.2) is 5.78 Å². The zero-order chi connectivity index (χ0) is 31.6. The molecule has 1 N–H and O–H groups in total. The van der Waals surface area contributed by atoms with Crippen molar-refractivity contribution in [3.63, 3.8) is 0 Å². The van der Waals surface area contributed by atoms with Gasteiger partial charge in [-0.1, -0.05) is 24.6 Å². The number of carbonyl (C=O) groups is 3. The number of aromatic nitrogens is 2. The Bertz CT molecular complexity index is 1630. The number of amides is 1. The standard InChI is InChI=1S/C37H41N3O5/c1-25-23-27(15-17-35(25)44-2)33-24-30(29-12-6-7-13-31(29)39-33)37(43)40-32(16-18-36(42)45-28-10-4-3-5-11-28)34(41)14-8-9-26-19-21-38-22-20-26/h6-7,12-13,15,17,19-24,28,32H,3-5,8-11,14,16,18H2,1-2H3,(H,40,43)/t32-/m1/s1. The Balaban J connectivity index is 1.36. The van der Waals surface area contributed by atoms with Crippen molar-refractivity contribution in [3.8, 4) is 17.0 Å². The SMILES string of the molecule is COc1ccc(-c2cc(C(=O)N[C@H](CCC(=O)OC3CCCCC3)C(=O)CCCc3ccncc3)c3ccccc3n2)cc1C. The molecular formula is C37H41N3O5. The summed E-state index contributed by atoms with van der Waals surface area (Å²) in [6.07, 6.45) is 10.3. The number of esters is 1. The highest BCUT2D eigenvalue weighted by atomic mass is 16.5. The summed E-state index contributed by atoms with van der Waals surface area (Å²) in [7, 11) is 1.63. The number of nitrogens with one attached hydrogen (secondary N) is 1. The lowest BCUT2D eigenvalue weighted by Gasteiger charge is -2.23. The fourth-order valence-corrected chi connectivity index (χ4v) is 5.98. The van der Waals surface area contributed by atoms with Gasteiger partial charge in [0.2, 0.25) is 0 Å². The monoisotopic (exact) mass is 607 g/mol. The van der Waals surface area contributed by atoms with Crippen LogP contribution in [0.5, 0.6) is 5.75 Å². The number of pyridine rings is 2. The molecule has 0 bridgehead atoms. The predicted molar refractivity (Wildman–Crippen MR) is 174 cm³/mol. The van der Waals surface area contributed by atoms with Gasteiger partial charge in [-0.2, -0.15) is 0 Å². The lowest BCUT2D eigenvalue weighted by Crippen LogP contribution is -2.41. The van der Waals surface area contributed by atoms with E-state index in [4.69, 9.17) is 14.5 Å². The Morgan fingerprint density at radius 2 is 1.73 bits per heavy atom. The smallest absolute Gasteiger partial charge is 0.306 e. The van der Waals surface area contributed by atoms with Crippen LogP contribution in [0.3, 0.4) is 0 Å². The lowest BCUT2D eigenvalue weighted by molar-refractivity contribution is -0.150. The summed E-state index contributed by atoms with van der Waals surface area (Å²) in [6.45, 7) is 1.96. The molecule has 8 nitrogen and oxygen atoms in total. The minimum absolute atomic E-state index is 0.0569. The van der Waals surface area contributed by atoms with Gasteiger partial charge in [0, 0.05) is 36.2 Å². The molecule has 2 aromatic carbocycles. The average molecular weight is 608 g/mol. The van der Waals surface area contributed by atoms with Crippen LogP contribution < -0.4 is 10.1 Å². The number of rotatable bonds is 13. The molecule has 234 valence electrons. The molecule has 5 rings (SSSR count). The highest BCUT2D eigenvalue weighted by molar-refractivity contribution is 6.08. The maximum Gasteiger partial charge on any atom is 0.306 e. The molecule has 1 aliphatic carbocycles. The third-order valence-corrected chi connectivity index (χ3v) is 8.47. The van der Waals surface area contributed by atoms with Crippen LogP contribution in [0.1, 0.15) is 79.3 Å². The summed E-state index contributed by atoms with van der Waals surface area (Å²) in [5, 5.41) is 3.67. The van der Waals surface area contributed by atoms with Crippen LogP contribution in [-0.2, 0) is 20.7 Å². The Hall–Kier alpha value is -4.59. The van der Waals surface area contributed by atoms with E-state index < -0.39 is 6.04 Å². The molecule has 0 radical (unpaired) electrons. The van der Waals surface area contributed by atoms with E-state index in [9.17, 15) is 14.4 Å². The Morgan fingerprint density at radius 1 is 0.956 bits per heavy atom. The number of hydrogen-bond donors (Lipinski definition) is 1. The van der Waals surface area contributed by atoms with Gasteiger partial charge in [0.1, 0.15) is 11.9 Å². The number of ether oxygens (including phenoxy) is 2. The number of benzene rings is 2.